The van der Waals surface area contributed by atoms with Gasteiger partial charge in [-0.05, 0) is 37.3 Å². The molecule has 0 aromatic carbocycles. The molecule has 23 heavy (non-hydrogen) atoms. The standard InChI is InChI=1S/C17H25N3O2S/c1-3-19-11-14(8-16(19)21)17(22)18-9-12(2)20-6-4-15-13(10-20)5-7-23-15/h5,7,12,14H,3-4,6,8-11H2,1-2H3,(H,18,22)/t12-,14-/m1/s1. The molecule has 0 radical (unpaired) electrons. The number of hydrogen-bond acceptors (Lipinski definition) is 4. The monoisotopic (exact) mass is 335 g/mol. The summed E-state index contributed by atoms with van der Waals surface area (Å²) in [6.07, 6.45) is 1.46. The van der Waals surface area contributed by atoms with Crippen molar-refractivity contribution in [3.63, 3.8) is 0 Å². The molecule has 2 aliphatic rings. The number of carbonyl (C=O) groups is 2. The van der Waals surface area contributed by atoms with Gasteiger partial charge in [0.25, 0.3) is 0 Å². The molecule has 126 valence electrons. The number of hydrogen-bond donors (Lipinski definition) is 1. The highest BCUT2D eigenvalue weighted by Crippen LogP contribution is 2.25. The Balaban J connectivity index is 1.47. The second-order valence-corrected chi connectivity index (χ2v) is 7.52. The lowest BCUT2D eigenvalue weighted by atomic mass is 10.1. The van der Waals surface area contributed by atoms with E-state index in [1.807, 2.05) is 18.3 Å². The van der Waals surface area contributed by atoms with Crippen LogP contribution in [-0.2, 0) is 22.6 Å². The average molecular weight is 335 g/mol. The molecule has 0 saturated carbocycles. The van der Waals surface area contributed by atoms with Gasteiger partial charge < -0.3 is 10.2 Å². The Morgan fingerprint density at radius 3 is 3.09 bits per heavy atom. The smallest absolute Gasteiger partial charge is 0.225 e. The molecule has 2 atom stereocenters. The first-order chi connectivity index (χ1) is 11.1. The SMILES string of the molecule is CCN1C[C@H](C(=O)NC[C@@H](C)N2CCc3sccc3C2)CC1=O. The van der Waals surface area contributed by atoms with Gasteiger partial charge in [0.1, 0.15) is 0 Å². The van der Waals surface area contributed by atoms with E-state index >= 15 is 0 Å². The van der Waals surface area contributed by atoms with Gasteiger partial charge in [0.2, 0.25) is 11.8 Å². The van der Waals surface area contributed by atoms with E-state index in [9.17, 15) is 9.59 Å². The lowest BCUT2D eigenvalue weighted by Gasteiger charge is -2.32. The highest BCUT2D eigenvalue weighted by atomic mass is 32.1. The Morgan fingerprint density at radius 2 is 2.35 bits per heavy atom. The minimum absolute atomic E-state index is 0.0226. The third kappa shape index (κ3) is 3.58. The summed E-state index contributed by atoms with van der Waals surface area (Å²) in [7, 11) is 0. The van der Waals surface area contributed by atoms with Crippen molar-refractivity contribution in [1.29, 1.82) is 0 Å². The van der Waals surface area contributed by atoms with Crippen LogP contribution in [0.2, 0.25) is 0 Å². The fourth-order valence-electron chi connectivity index (χ4n) is 3.42. The number of fused-ring (bicyclic) bond motifs is 1. The van der Waals surface area contributed by atoms with Crippen molar-refractivity contribution in [1.82, 2.24) is 15.1 Å². The van der Waals surface area contributed by atoms with Crippen LogP contribution >= 0.6 is 11.3 Å². The van der Waals surface area contributed by atoms with Crippen LogP contribution in [0.4, 0.5) is 0 Å². The molecule has 0 spiro atoms. The van der Waals surface area contributed by atoms with Crippen LogP contribution in [-0.4, -0.2) is 53.8 Å². The molecule has 1 aromatic heterocycles. The second kappa shape index (κ2) is 7.01. The van der Waals surface area contributed by atoms with E-state index in [0.717, 1.165) is 19.5 Å². The van der Waals surface area contributed by atoms with E-state index in [-0.39, 0.29) is 17.7 Å². The van der Waals surface area contributed by atoms with Crippen LogP contribution < -0.4 is 5.32 Å². The number of nitrogens with one attached hydrogen (secondary N) is 1. The zero-order valence-electron chi connectivity index (χ0n) is 13.9. The van der Waals surface area contributed by atoms with Gasteiger partial charge in [-0.1, -0.05) is 0 Å². The Hall–Kier alpha value is -1.40. The topological polar surface area (TPSA) is 52.7 Å². The fourth-order valence-corrected chi connectivity index (χ4v) is 4.31. The van der Waals surface area contributed by atoms with Crippen LogP contribution in [0.5, 0.6) is 0 Å². The van der Waals surface area contributed by atoms with E-state index in [0.29, 0.717) is 32.1 Å². The minimum Gasteiger partial charge on any atom is -0.354 e. The summed E-state index contributed by atoms with van der Waals surface area (Å²) in [5, 5.41) is 5.21. The van der Waals surface area contributed by atoms with E-state index in [1.165, 1.54) is 10.4 Å². The maximum Gasteiger partial charge on any atom is 0.225 e. The van der Waals surface area contributed by atoms with E-state index in [1.54, 1.807) is 4.90 Å². The molecule has 2 aliphatic heterocycles. The minimum atomic E-state index is -0.181. The molecule has 1 fully saturated rings. The number of nitrogens with zero attached hydrogens (tertiary/aromatic N) is 2. The number of amides is 2. The number of carbonyl (C=O) groups excluding carboxylic acids is 2. The number of thiophene rings is 1. The summed E-state index contributed by atoms with van der Waals surface area (Å²) < 4.78 is 0. The van der Waals surface area contributed by atoms with Crippen LogP contribution in [0.15, 0.2) is 11.4 Å². The van der Waals surface area contributed by atoms with Crippen molar-refractivity contribution in [3.05, 3.63) is 21.9 Å². The normalized spacial score (nSPS) is 23.0. The Bertz CT molecular complexity index is 586. The van der Waals surface area contributed by atoms with Crippen molar-refractivity contribution in [2.24, 2.45) is 5.92 Å². The highest BCUT2D eigenvalue weighted by Gasteiger charge is 2.33. The molecule has 0 bridgehead atoms. The fraction of sp³-hybridized carbons (Fsp3) is 0.647. The molecular weight excluding hydrogens is 310 g/mol. The van der Waals surface area contributed by atoms with Crippen LogP contribution in [0, 0.1) is 5.92 Å². The van der Waals surface area contributed by atoms with Gasteiger partial charge in [0.05, 0.1) is 5.92 Å². The molecule has 5 nitrogen and oxygen atoms in total. The number of rotatable bonds is 5. The zero-order chi connectivity index (χ0) is 16.4. The van der Waals surface area contributed by atoms with Crippen molar-refractivity contribution in [2.45, 2.75) is 39.3 Å². The predicted molar refractivity (Wildman–Crippen MR) is 91.3 cm³/mol. The lowest BCUT2D eigenvalue weighted by molar-refractivity contribution is -0.128. The van der Waals surface area contributed by atoms with Crippen molar-refractivity contribution in [2.75, 3.05) is 26.2 Å². The van der Waals surface area contributed by atoms with E-state index < -0.39 is 0 Å². The number of likely N-dealkylation sites (tertiary alicyclic amines) is 1. The highest BCUT2D eigenvalue weighted by molar-refractivity contribution is 7.10. The molecule has 1 aromatic rings. The van der Waals surface area contributed by atoms with Gasteiger partial charge in [0.15, 0.2) is 0 Å². The van der Waals surface area contributed by atoms with Crippen LogP contribution in [0.3, 0.4) is 0 Å². The third-order valence-electron chi connectivity index (χ3n) is 5.00. The molecule has 1 N–H and O–H groups in total. The molecular formula is C17H25N3O2S. The summed E-state index contributed by atoms with van der Waals surface area (Å²) in [6.45, 7) is 8.05. The quantitative estimate of drug-likeness (QED) is 0.887. The summed E-state index contributed by atoms with van der Waals surface area (Å²) in [6, 6.07) is 2.52. The first-order valence-corrected chi connectivity index (χ1v) is 9.31. The molecule has 6 heteroatoms. The first kappa shape index (κ1) is 16.5. The first-order valence-electron chi connectivity index (χ1n) is 8.43. The van der Waals surface area contributed by atoms with E-state index in [2.05, 4.69) is 28.6 Å². The Kier molecular flexibility index (Phi) is 5.02. The summed E-state index contributed by atoms with van der Waals surface area (Å²) >= 11 is 1.84. The molecule has 1 saturated heterocycles. The van der Waals surface area contributed by atoms with Crippen LogP contribution in [0.25, 0.3) is 0 Å². The maximum atomic E-state index is 12.3. The predicted octanol–water partition coefficient (Wildman–Crippen LogP) is 1.48. The van der Waals surface area contributed by atoms with Gasteiger partial charge in [-0.2, -0.15) is 0 Å². The molecule has 2 amide bonds. The third-order valence-corrected chi connectivity index (χ3v) is 6.02. The van der Waals surface area contributed by atoms with Gasteiger partial charge in [-0.25, -0.2) is 0 Å². The summed E-state index contributed by atoms with van der Waals surface area (Å²) in [5.74, 6) is -0.0596. The lowest BCUT2D eigenvalue weighted by Crippen LogP contribution is -2.45. The summed E-state index contributed by atoms with van der Waals surface area (Å²) in [5.41, 5.74) is 1.43. The van der Waals surface area contributed by atoms with Gasteiger partial charge in [0, 0.05) is 50.1 Å². The van der Waals surface area contributed by atoms with Crippen LogP contribution in [0.1, 0.15) is 30.7 Å². The van der Waals surface area contributed by atoms with Gasteiger partial charge >= 0.3 is 0 Å². The molecule has 0 aliphatic carbocycles. The van der Waals surface area contributed by atoms with Gasteiger partial charge in [-0.3, -0.25) is 14.5 Å². The zero-order valence-corrected chi connectivity index (χ0v) is 14.7. The van der Waals surface area contributed by atoms with Gasteiger partial charge in [-0.15, -0.1) is 11.3 Å². The summed E-state index contributed by atoms with van der Waals surface area (Å²) in [4.78, 5) is 29.7. The molecule has 0 unspecified atom stereocenters. The second-order valence-electron chi connectivity index (χ2n) is 6.52. The van der Waals surface area contributed by atoms with Crippen molar-refractivity contribution >= 4 is 23.2 Å². The largest absolute Gasteiger partial charge is 0.354 e. The molecule has 3 heterocycles. The Labute approximate surface area is 141 Å². The van der Waals surface area contributed by atoms with Crippen molar-refractivity contribution < 1.29 is 9.59 Å². The van der Waals surface area contributed by atoms with E-state index in [4.69, 9.17) is 0 Å². The average Bonchev–Trinajstić information content (AvgIpc) is 3.17. The Morgan fingerprint density at radius 1 is 1.52 bits per heavy atom. The van der Waals surface area contributed by atoms with Crippen molar-refractivity contribution in [3.8, 4) is 0 Å². The molecule has 3 rings (SSSR count). The maximum absolute atomic E-state index is 12.3.